The Morgan fingerprint density at radius 3 is 2.74 bits per heavy atom. The second-order valence-electron chi connectivity index (χ2n) is 6.00. The van der Waals surface area contributed by atoms with E-state index in [1.807, 2.05) is 24.3 Å². The van der Waals surface area contributed by atoms with Gasteiger partial charge in [0.25, 0.3) is 0 Å². The molecule has 0 atom stereocenters. The number of hydrogen-bond donors (Lipinski definition) is 1. The first kappa shape index (κ1) is 18.6. The molecule has 0 aliphatic rings. The van der Waals surface area contributed by atoms with Crippen LogP contribution in [0, 0.1) is 0 Å². The van der Waals surface area contributed by atoms with E-state index in [1.165, 1.54) is 0 Å². The Labute approximate surface area is 157 Å². The molecule has 1 N–H and O–H groups in total. The number of benzene rings is 1. The van der Waals surface area contributed by atoms with E-state index in [0.29, 0.717) is 24.7 Å². The van der Waals surface area contributed by atoms with Gasteiger partial charge in [-0.1, -0.05) is 30.6 Å². The molecule has 0 aliphatic heterocycles. The summed E-state index contributed by atoms with van der Waals surface area (Å²) < 4.78 is 12.6. The van der Waals surface area contributed by atoms with Gasteiger partial charge in [-0.05, 0) is 48.0 Å². The number of hydrogen-bond acceptors (Lipinski definition) is 7. The fourth-order valence-electron chi connectivity index (χ4n) is 2.57. The number of carbonyl (C=O) groups excluding carboxylic acids is 1. The largest absolute Gasteiger partial charge is 0.462 e. The topological polar surface area (TPSA) is 95.1 Å². The third kappa shape index (κ3) is 4.72. The summed E-state index contributed by atoms with van der Waals surface area (Å²) in [6.07, 6.45) is 2.10. The third-order valence-corrected chi connectivity index (χ3v) is 4.02. The lowest BCUT2D eigenvalue weighted by Gasteiger charge is -2.05. The highest BCUT2D eigenvalue weighted by atomic mass is 16.5. The quantitative estimate of drug-likeness (QED) is 0.577. The average molecular weight is 369 g/mol. The number of aromatic nitrogens is 4. The van der Waals surface area contributed by atoms with Gasteiger partial charge in [-0.25, -0.2) is 9.48 Å². The Morgan fingerprint density at radius 1 is 1.19 bits per heavy atom. The maximum Gasteiger partial charge on any atom is 0.338 e. The molecule has 2 heterocycles. The van der Waals surface area contributed by atoms with Crippen molar-refractivity contribution in [3.05, 3.63) is 47.7 Å². The van der Waals surface area contributed by atoms with Crippen LogP contribution in [-0.4, -0.2) is 32.8 Å². The molecule has 0 amide bonds. The lowest BCUT2D eigenvalue weighted by molar-refractivity contribution is 0.0526. The van der Waals surface area contributed by atoms with Crippen molar-refractivity contribution >= 4 is 11.9 Å². The van der Waals surface area contributed by atoms with Crippen LogP contribution in [0.15, 0.2) is 40.8 Å². The number of rotatable bonds is 9. The first-order valence-electron chi connectivity index (χ1n) is 9.07. The monoisotopic (exact) mass is 369 g/mol. The molecule has 8 heteroatoms. The van der Waals surface area contributed by atoms with Crippen molar-refractivity contribution in [3.63, 3.8) is 0 Å². The van der Waals surface area contributed by atoms with Crippen LogP contribution >= 0.6 is 0 Å². The number of carbonyl (C=O) groups is 1. The average Bonchev–Trinajstić information content (AvgIpc) is 3.34. The molecule has 0 fully saturated rings. The summed E-state index contributed by atoms with van der Waals surface area (Å²) in [7, 11) is 0. The van der Waals surface area contributed by atoms with E-state index in [2.05, 4.69) is 27.8 Å². The van der Waals surface area contributed by atoms with Crippen molar-refractivity contribution in [1.82, 2.24) is 20.2 Å². The second kappa shape index (κ2) is 8.98. The highest BCUT2D eigenvalue weighted by molar-refractivity contribution is 5.89. The van der Waals surface area contributed by atoms with E-state index >= 15 is 0 Å². The molecular weight excluding hydrogens is 346 g/mol. The van der Waals surface area contributed by atoms with Gasteiger partial charge in [0.15, 0.2) is 0 Å². The van der Waals surface area contributed by atoms with E-state index in [0.717, 1.165) is 36.5 Å². The van der Waals surface area contributed by atoms with Crippen LogP contribution in [0.4, 0.5) is 5.95 Å². The number of unbranched alkanes of at least 4 members (excludes halogenated alkanes) is 1. The van der Waals surface area contributed by atoms with Crippen LogP contribution in [0.5, 0.6) is 0 Å². The van der Waals surface area contributed by atoms with Gasteiger partial charge in [0.05, 0.1) is 18.7 Å². The summed E-state index contributed by atoms with van der Waals surface area (Å²) in [4.78, 5) is 11.7. The van der Waals surface area contributed by atoms with Gasteiger partial charge >= 0.3 is 5.97 Å². The van der Waals surface area contributed by atoms with Crippen LogP contribution in [0.3, 0.4) is 0 Å². The number of aryl methyl sites for hydroxylation is 1. The number of furan rings is 1. The normalized spacial score (nSPS) is 10.7. The summed E-state index contributed by atoms with van der Waals surface area (Å²) in [5.74, 6) is 1.80. The summed E-state index contributed by atoms with van der Waals surface area (Å²) >= 11 is 0. The minimum atomic E-state index is -0.325. The molecule has 0 bridgehead atoms. The van der Waals surface area contributed by atoms with E-state index in [4.69, 9.17) is 9.15 Å². The molecule has 8 nitrogen and oxygen atoms in total. The highest BCUT2D eigenvalue weighted by Gasteiger charge is 2.10. The number of ether oxygens (including phenoxy) is 1. The fraction of sp³-hybridized carbons (Fsp3) is 0.368. The second-order valence-corrected chi connectivity index (χ2v) is 6.00. The molecular formula is C19H23N5O3. The van der Waals surface area contributed by atoms with Gasteiger partial charge in [0.1, 0.15) is 11.5 Å². The van der Waals surface area contributed by atoms with Crippen molar-refractivity contribution < 1.29 is 13.9 Å². The Bertz CT molecular complexity index is 870. The lowest BCUT2D eigenvalue weighted by Crippen LogP contribution is -2.08. The fourth-order valence-corrected chi connectivity index (χ4v) is 2.57. The number of tetrazole rings is 1. The zero-order valence-corrected chi connectivity index (χ0v) is 15.5. The zero-order valence-electron chi connectivity index (χ0n) is 15.5. The van der Waals surface area contributed by atoms with E-state index in [1.54, 1.807) is 23.7 Å². The van der Waals surface area contributed by atoms with Gasteiger partial charge < -0.3 is 14.5 Å². The van der Waals surface area contributed by atoms with Gasteiger partial charge in [-0.3, -0.25) is 0 Å². The lowest BCUT2D eigenvalue weighted by atomic mass is 10.1. The first-order valence-corrected chi connectivity index (χ1v) is 9.07. The molecule has 0 saturated carbocycles. The van der Waals surface area contributed by atoms with Crippen LogP contribution < -0.4 is 5.32 Å². The maximum absolute atomic E-state index is 11.7. The Balaban J connectivity index is 1.62. The highest BCUT2D eigenvalue weighted by Crippen LogP contribution is 2.23. The van der Waals surface area contributed by atoms with Crippen molar-refractivity contribution in [2.24, 2.45) is 0 Å². The Kier molecular flexibility index (Phi) is 6.19. The van der Waals surface area contributed by atoms with Crippen molar-refractivity contribution in [3.8, 4) is 11.3 Å². The molecule has 0 aliphatic carbocycles. The predicted octanol–water partition coefficient (Wildman–Crippen LogP) is 3.52. The Morgan fingerprint density at radius 2 is 2.00 bits per heavy atom. The molecule has 0 unspecified atom stereocenters. The smallest absolute Gasteiger partial charge is 0.338 e. The van der Waals surface area contributed by atoms with Crippen molar-refractivity contribution in [1.29, 1.82) is 0 Å². The van der Waals surface area contributed by atoms with Gasteiger partial charge in [-0.2, -0.15) is 0 Å². The molecule has 0 spiro atoms. The summed E-state index contributed by atoms with van der Waals surface area (Å²) in [6.45, 7) is 5.53. The molecule has 2 aromatic heterocycles. The number of anilines is 1. The summed E-state index contributed by atoms with van der Waals surface area (Å²) in [5, 5.41) is 14.9. The van der Waals surface area contributed by atoms with Gasteiger partial charge in [-0.15, -0.1) is 0 Å². The molecule has 0 radical (unpaired) electrons. The van der Waals surface area contributed by atoms with E-state index < -0.39 is 0 Å². The number of nitrogens with one attached hydrogen (secondary N) is 1. The molecule has 1 aromatic carbocycles. The van der Waals surface area contributed by atoms with E-state index in [-0.39, 0.29) is 5.97 Å². The summed E-state index contributed by atoms with van der Waals surface area (Å²) in [5.41, 5.74) is 1.41. The van der Waals surface area contributed by atoms with Crippen LogP contribution in [0.2, 0.25) is 0 Å². The SMILES string of the molecule is CCCCn1nnnc1NCc1ccc(-c2ccc(C(=O)OCC)cc2)o1. The van der Waals surface area contributed by atoms with Crippen LogP contribution in [-0.2, 0) is 17.8 Å². The van der Waals surface area contributed by atoms with Crippen LogP contribution in [0.1, 0.15) is 42.8 Å². The van der Waals surface area contributed by atoms with Crippen molar-refractivity contribution in [2.45, 2.75) is 39.8 Å². The molecule has 142 valence electrons. The Hall–Kier alpha value is -3.16. The van der Waals surface area contributed by atoms with Crippen molar-refractivity contribution in [2.75, 3.05) is 11.9 Å². The molecule has 0 saturated heterocycles. The van der Waals surface area contributed by atoms with Gasteiger partial charge in [0, 0.05) is 12.1 Å². The van der Waals surface area contributed by atoms with Gasteiger partial charge in [0.2, 0.25) is 5.95 Å². The molecule has 27 heavy (non-hydrogen) atoms. The van der Waals surface area contributed by atoms with Crippen LogP contribution in [0.25, 0.3) is 11.3 Å². The summed E-state index contributed by atoms with van der Waals surface area (Å²) in [6, 6.07) is 10.9. The molecule has 3 aromatic rings. The minimum Gasteiger partial charge on any atom is -0.462 e. The third-order valence-electron chi connectivity index (χ3n) is 4.02. The maximum atomic E-state index is 11.7. The predicted molar refractivity (Wildman–Crippen MR) is 100 cm³/mol. The van der Waals surface area contributed by atoms with E-state index in [9.17, 15) is 4.79 Å². The zero-order chi connectivity index (χ0) is 19.1. The number of nitrogens with zero attached hydrogens (tertiary/aromatic N) is 4. The first-order chi connectivity index (χ1) is 13.2. The minimum absolute atomic E-state index is 0.325. The number of esters is 1. The standard InChI is InChI=1S/C19H23N5O3/c1-3-5-12-24-19(21-22-23-24)20-13-16-10-11-17(27-16)14-6-8-15(9-7-14)18(25)26-4-2/h6-11H,3-5,12-13H2,1-2H3,(H,20,21,23). The molecule has 3 rings (SSSR count).